The molecule has 1 saturated carbocycles. The second kappa shape index (κ2) is 8.91. The summed E-state index contributed by atoms with van der Waals surface area (Å²) < 4.78 is 0. The van der Waals surface area contributed by atoms with Crippen LogP contribution in [-0.4, -0.2) is 59.8 Å². The van der Waals surface area contributed by atoms with E-state index in [2.05, 4.69) is 42.5 Å². The van der Waals surface area contributed by atoms with Gasteiger partial charge in [-0.1, -0.05) is 31.1 Å². The van der Waals surface area contributed by atoms with Crippen molar-refractivity contribution in [2.75, 3.05) is 26.7 Å². The van der Waals surface area contributed by atoms with Crippen LogP contribution in [0, 0.1) is 17.8 Å². The Morgan fingerprint density at radius 3 is 2.27 bits per heavy atom. The highest BCUT2D eigenvalue weighted by atomic mass is 16.2. The van der Waals surface area contributed by atoms with Crippen molar-refractivity contribution in [3.63, 3.8) is 0 Å². The highest BCUT2D eigenvalue weighted by Crippen LogP contribution is 2.29. The molecule has 0 unspecified atom stereocenters. The number of piperidine rings is 1. The molecule has 0 bridgehead atoms. The fourth-order valence-electron chi connectivity index (χ4n) is 4.17. The zero-order valence-corrected chi connectivity index (χ0v) is 14.7. The molecular formula is C19H34N2O. The minimum Gasteiger partial charge on any atom is -0.384 e. The molecule has 1 aliphatic carbocycles. The maximum atomic E-state index is 9.12. The van der Waals surface area contributed by atoms with E-state index in [1.165, 1.54) is 58.0 Å². The van der Waals surface area contributed by atoms with Gasteiger partial charge < -0.3 is 10.0 Å². The van der Waals surface area contributed by atoms with E-state index in [1.54, 1.807) is 0 Å². The van der Waals surface area contributed by atoms with Crippen molar-refractivity contribution in [1.82, 2.24) is 9.80 Å². The lowest BCUT2D eigenvalue weighted by Crippen LogP contribution is -2.48. The lowest BCUT2D eigenvalue weighted by molar-refractivity contribution is 0.0799. The first-order chi connectivity index (χ1) is 10.6. The highest BCUT2D eigenvalue weighted by molar-refractivity contribution is 5.11. The average Bonchev–Trinajstić information content (AvgIpc) is 2.56. The van der Waals surface area contributed by atoms with E-state index in [1.807, 2.05) is 0 Å². The zero-order valence-electron chi connectivity index (χ0n) is 14.7. The molecule has 0 spiro atoms. The molecular weight excluding hydrogens is 272 g/mol. The molecule has 126 valence electrons. The lowest BCUT2D eigenvalue weighted by Gasteiger charge is -2.42. The SMILES string of the molecule is CC(C)N1CCC([C@H](C#CCO)N(C)C2CCCCC2)CC1. The van der Waals surface area contributed by atoms with Gasteiger partial charge in [0.15, 0.2) is 0 Å². The van der Waals surface area contributed by atoms with Gasteiger partial charge in [-0.15, -0.1) is 0 Å². The van der Waals surface area contributed by atoms with Crippen LogP contribution in [0.3, 0.4) is 0 Å². The Balaban J connectivity index is 1.99. The third-order valence-electron chi connectivity index (χ3n) is 5.67. The molecule has 0 aromatic carbocycles. The smallest absolute Gasteiger partial charge is 0.104 e. The fourth-order valence-corrected chi connectivity index (χ4v) is 4.17. The molecule has 1 saturated heterocycles. The predicted molar refractivity (Wildman–Crippen MR) is 92.7 cm³/mol. The van der Waals surface area contributed by atoms with Gasteiger partial charge in [0.25, 0.3) is 0 Å². The maximum Gasteiger partial charge on any atom is 0.104 e. The van der Waals surface area contributed by atoms with E-state index in [0.29, 0.717) is 24.0 Å². The van der Waals surface area contributed by atoms with Gasteiger partial charge in [0.2, 0.25) is 0 Å². The molecule has 0 amide bonds. The van der Waals surface area contributed by atoms with Crippen LogP contribution in [0.2, 0.25) is 0 Å². The van der Waals surface area contributed by atoms with Crippen LogP contribution in [0.5, 0.6) is 0 Å². The molecule has 1 atom stereocenters. The lowest BCUT2D eigenvalue weighted by atomic mass is 9.85. The molecule has 2 fully saturated rings. The molecule has 2 rings (SSSR count). The maximum absolute atomic E-state index is 9.12. The summed E-state index contributed by atoms with van der Waals surface area (Å²) in [6, 6.07) is 1.67. The number of hydrogen-bond donors (Lipinski definition) is 1. The Morgan fingerprint density at radius 1 is 1.09 bits per heavy atom. The van der Waals surface area contributed by atoms with Crippen LogP contribution >= 0.6 is 0 Å². The normalized spacial score (nSPS) is 23.5. The van der Waals surface area contributed by atoms with Crippen LogP contribution in [0.1, 0.15) is 58.8 Å². The van der Waals surface area contributed by atoms with Gasteiger partial charge in [0, 0.05) is 12.1 Å². The summed E-state index contributed by atoms with van der Waals surface area (Å²) in [6.45, 7) is 6.95. The third kappa shape index (κ3) is 4.72. The van der Waals surface area contributed by atoms with Crippen LogP contribution in [-0.2, 0) is 0 Å². The van der Waals surface area contributed by atoms with Gasteiger partial charge in [-0.05, 0) is 65.6 Å². The van der Waals surface area contributed by atoms with Gasteiger partial charge >= 0.3 is 0 Å². The van der Waals surface area contributed by atoms with E-state index < -0.39 is 0 Å². The molecule has 1 N–H and O–H groups in total. The topological polar surface area (TPSA) is 26.7 Å². The van der Waals surface area contributed by atoms with Crippen LogP contribution in [0.4, 0.5) is 0 Å². The quantitative estimate of drug-likeness (QED) is 0.809. The third-order valence-corrected chi connectivity index (χ3v) is 5.67. The van der Waals surface area contributed by atoms with Crippen molar-refractivity contribution in [2.45, 2.75) is 76.9 Å². The van der Waals surface area contributed by atoms with Crippen molar-refractivity contribution in [3.8, 4) is 11.8 Å². The van der Waals surface area contributed by atoms with Crippen molar-refractivity contribution in [3.05, 3.63) is 0 Å². The van der Waals surface area contributed by atoms with Gasteiger partial charge in [-0.2, -0.15) is 0 Å². The highest BCUT2D eigenvalue weighted by Gasteiger charge is 2.32. The molecule has 1 aliphatic heterocycles. The predicted octanol–water partition coefficient (Wildman–Crippen LogP) is 2.74. The van der Waals surface area contributed by atoms with Crippen molar-refractivity contribution >= 4 is 0 Å². The minimum atomic E-state index is -0.0140. The minimum absolute atomic E-state index is 0.0140. The summed E-state index contributed by atoms with van der Waals surface area (Å²) in [7, 11) is 2.27. The monoisotopic (exact) mass is 306 g/mol. The van der Waals surface area contributed by atoms with Crippen molar-refractivity contribution < 1.29 is 5.11 Å². The molecule has 0 aromatic heterocycles. The number of aliphatic hydroxyl groups is 1. The number of hydrogen-bond acceptors (Lipinski definition) is 3. The molecule has 3 nitrogen and oxygen atoms in total. The van der Waals surface area contributed by atoms with E-state index >= 15 is 0 Å². The van der Waals surface area contributed by atoms with Crippen molar-refractivity contribution in [1.29, 1.82) is 0 Å². The Kier molecular flexibility index (Phi) is 7.21. The van der Waals surface area contributed by atoms with Crippen LogP contribution in [0.25, 0.3) is 0 Å². The summed E-state index contributed by atoms with van der Waals surface area (Å²) in [5.41, 5.74) is 0. The van der Waals surface area contributed by atoms with Gasteiger partial charge in [0.05, 0.1) is 6.04 Å². The first-order valence-corrected chi connectivity index (χ1v) is 9.18. The molecule has 1 heterocycles. The van der Waals surface area contributed by atoms with Crippen molar-refractivity contribution in [2.24, 2.45) is 5.92 Å². The zero-order chi connectivity index (χ0) is 15.9. The van der Waals surface area contributed by atoms with E-state index in [0.717, 1.165) is 0 Å². The molecule has 3 heteroatoms. The first-order valence-electron chi connectivity index (χ1n) is 9.18. The van der Waals surface area contributed by atoms with Crippen LogP contribution < -0.4 is 0 Å². The molecule has 0 aromatic rings. The number of likely N-dealkylation sites (tertiary alicyclic amines) is 1. The number of rotatable bonds is 4. The van der Waals surface area contributed by atoms with E-state index in [9.17, 15) is 0 Å². The Labute approximate surface area is 137 Å². The number of aliphatic hydroxyl groups excluding tert-OH is 1. The standard InChI is InChI=1S/C19H34N2O/c1-16(2)21-13-11-17(12-14-21)19(10-7-15-22)20(3)18-8-5-4-6-9-18/h16-19,22H,4-6,8-9,11-15H2,1-3H3/t19-/m0/s1. The Hall–Kier alpha value is -0.560. The van der Waals surface area contributed by atoms with Gasteiger partial charge in [-0.3, -0.25) is 4.90 Å². The Morgan fingerprint density at radius 2 is 1.73 bits per heavy atom. The summed E-state index contributed by atoms with van der Waals surface area (Å²) in [6.07, 6.45) is 9.23. The summed E-state index contributed by atoms with van der Waals surface area (Å²) in [5, 5.41) is 9.12. The Bertz CT molecular complexity index is 371. The summed E-state index contributed by atoms with van der Waals surface area (Å²) in [5.74, 6) is 6.99. The van der Waals surface area contributed by atoms with Gasteiger partial charge in [-0.25, -0.2) is 0 Å². The average molecular weight is 306 g/mol. The van der Waals surface area contributed by atoms with Crippen LogP contribution in [0.15, 0.2) is 0 Å². The van der Waals surface area contributed by atoms with E-state index in [-0.39, 0.29) is 6.61 Å². The molecule has 22 heavy (non-hydrogen) atoms. The second-order valence-electron chi connectivity index (χ2n) is 7.35. The number of nitrogens with zero attached hydrogens (tertiary/aromatic N) is 2. The van der Waals surface area contributed by atoms with E-state index in [4.69, 9.17) is 5.11 Å². The fraction of sp³-hybridized carbons (Fsp3) is 0.895. The second-order valence-corrected chi connectivity index (χ2v) is 7.35. The van der Waals surface area contributed by atoms with Gasteiger partial charge in [0.1, 0.15) is 6.61 Å². The molecule has 2 aliphatic rings. The molecule has 0 radical (unpaired) electrons. The summed E-state index contributed by atoms with van der Waals surface area (Å²) >= 11 is 0. The summed E-state index contributed by atoms with van der Waals surface area (Å²) in [4.78, 5) is 5.12. The largest absolute Gasteiger partial charge is 0.384 e. The first kappa shape index (κ1) is 17.8.